The zero-order valence-electron chi connectivity index (χ0n) is 12.0. The van der Waals surface area contributed by atoms with Crippen molar-refractivity contribution < 1.29 is 0 Å². The van der Waals surface area contributed by atoms with Gasteiger partial charge in [-0.15, -0.1) is 0 Å². The third-order valence-electron chi connectivity index (χ3n) is 4.19. The van der Waals surface area contributed by atoms with Gasteiger partial charge in [0.15, 0.2) is 0 Å². The molecule has 1 aliphatic rings. The quantitative estimate of drug-likeness (QED) is 0.934. The molecule has 20 heavy (non-hydrogen) atoms. The topological polar surface area (TPSA) is 29.9 Å². The van der Waals surface area contributed by atoms with Crippen molar-refractivity contribution in [3.05, 3.63) is 46.5 Å². The van der Waals surface area contributed by atoms with Gasteiger partial charge >= 0.3 is 0 Å². The number of nitrogens with zero attached hydrogens (tertiary/aromatic N) is 2. The van der Waals surface area contributed by atoms with Crippen LogP contribution in [-0.2, 0) is 12.8 Å². The molecule has 0 aliphatic heterocycles. The second-order valence-corrected chi connectivity index (χ2v) is 5.84. The Bertz CT molecular complexity index is 618. The lowest BCUT2D eigenvalue weighted by Gasteiger charge is -2.17. The fraction of sp³-hybridized carbons (Fsp3) is 0.438. The van der Waals surface area contributed by atoms with Crippen molar-refractivity contribution in [3.8, 4) is 5.69 Å². The van der Waals surface area contributed by atoms with Crippen LogP contribution in [-0.4, -0.2) is 16.6 Å². The van der Waals surface area contributed by atoms with Crippen LogP contribution in [0.3, 0.4) is 0 Å². The van der Waals surface area contributed by atoms with Gasteiger partial charge in [-0.2, -0.15) is 0 Å². The zero-order valence-corrected chi connectivity index (χ0v) is 12.7. The van der Waals surface area contributed by atoms with E-state index in [-0.39, 0.29) is 0 Å². The van der Waals surface area contributed by atoms with Crippen molar-refractivity contribution in [3.63, 3.8) is 0 Å². The summed E-state index contributed by atoms with van der Waals surface area (Å²) in [6, 6.07) is 6.59. The number of halogens is 1. The Kier molecular flexibility index (Phi) is 3.81. The van der Waals surface area contributed by atoms with Gasteiger partial charge in [0.25, 0.3) is 0 Å². The fourth-order valence-electron chi connectivity index (χ4n) is 2.83. The van der Waals surface area contributed by atoms with E-state index in [2.05, 4.69) is 33.9 Å². The third-order valence-corrected chi connectivity index (χ3v) is 4.50. The average molecular weight is 290 g/mol. The summed E-state index contributed by atoms with van der Waals surface area (Å²) >= 11 is 6.49. The van der Waals surface area contributed by atoms with Gasteiger partial charge in [-0.05, 0) is 57.4 Å². The van der Waals surface area contributed by atoms with E-state index >= 15 is 0 Å². The van der Waals surface area contributed by atoms with Gasteiger partial charge in [0, 0.05) is 11.7 Å². The molecule has 1 unspecified atom stereocenters. The number of aryl methyl sites for hydroxylation is 1. The van der Waals surface area contributed by atoms with Crippen molar-refractivity contribution in [1.29, 1.82) is 0 Å². The highest BCUT2D eigenvalue weighted by atomic mass is 35.5. The van der Waals surface area contributed by atoms with Gasteiger partial charge in [-0.25, -0.2) is 4.98 Å². The summed E-state index contributed by atoms with van der Waals surface area (Å²) in [7, 11) is 1.96. The first-order valence-electron chi connectivity index (χ1n) is 7.23. The predicted octanol–water partition coefficient (Wildman–Crippen LogP) is 3.68. The Labute approximate surface area is 125 Å². The van der Waals surface area contributed by atoms with E-state index < -0.39 is 0 Å². The average Bonchev–Trinajstić information content (AvgIpc) is 2.90. The van der Waals surface area contributed by atoms with Crippen molar-refractivity contribution in [2.75, 3.05) is 7.05 Å². The van der Waals surface area contributed by atoms with Crippen molar-refractivity contribution in [1.82, 2.24) is 14.9 Å². The molecule has 0 saturated carbocycles. The van der Waals surface area contributed by atoms with E-state index in [0.29, 0.717) is 6.04 Å². The van der Waals surface area contributed by atoms with E-state index in [1.165, 1.54) is 29.8 Å². The maximum Gasteiger partial charge on any atom is 0.0998 e. The summed E-state index contributed by atoms with van der Waals surface area (Å²) in [5.74, 6) is 0. The molecule has 2 aromatic rings. The Hall–Kier alpha value is -1.32. The lowest BCUT2D eigenvalue weighted by Crippen LogP contribution is -2.12. The van der Waals surface area contributed by atoms with Crippen molar-refractivity contribution in [2.24, 2.45) is 0 Å². The van der Waals surface area contributed by atoms with Crippen LogP contribution in [0.25, 0.3) is 5.69 Å². The lowest BCUT2D eigenvalue weighted by molar-refractivity contribution is 0.650. The highest BCUT2D eigenvalue weighted by Crippen LogP contribution is 2.29. The van der Waals surface area contributed by atoms with Crippen LogP contribution in [0.15, 0.2) is 24.5 Å². The van der Waals surface area contributed by atoms with Crippen LogP contribution in [0, 0.1) is 0 Å². The molecule has 3 nitrogen and oxygen atoms in total. The molecular weight excluding hydrogens is 270 g/mol. The highest BCUT2D eigenvalue weighted by molar-refractivity contribution is 6.32. The van der Waals surface area contributed by atoms with E-state index in [1.54, 1.807) is 0 Å². The molecule has 1 atom stereocenters. The maximum absolute atomic E-state index is 6.49. The third kappa shape index (κ3) is 2.36. The molecule has 0 amide bonds. The van der Waals surface area contributed by atoms with E-state index in [1.807, 2.05) is 19.4 Å². The zero-order chi connectivity index (χ0) is 14.1. The van der Waals surface area contributed by atoms with E-state index in [4.69, 9.17) is 11.6 Å². The summed E-state index contributed by atoms with van der Waals surface area (Å²) < 4.78 is 2.16. The van der Waals surface area contributed by atoms with E-state index in [0.717, 1.165) is 23.6 Å². The molecule has 1 heterocycles. The van der Waals surface area contributed by atoms with Gasteiger partial charge in [-0.1, -0.05) is 17.7 Å². The van der Waals surface area contributed by atoms with Gasteiger partial charge < -0.3 is 9.88 Å². The van der Waals surface area contributed by atoms with Crippen LogP contribution in [0.4, 0.5) is 0 Å². The molecule has 0 radical (unpaired) electrons. The first kappa shape index (κ1) is 13.7. The van der Waals surface area contributed by atoms with Crippen LogP contribution < -0.4 is 5.32 Å². The smallest absolute Gasteiger partial charge is 0.0998 e. The molecule has 106 valence electrons. The standard InChI is InChI=1S/C16H20ClN3/c1-11(18-2)12-7-8-15(13(17)9-12)20-10-19-14-5-3-4-6-16(14)20/h7-11,18H,3-6H2,1-2H3. The molecular formula is C16H20ClN3. The van der Waals surface area contributed by atoms with Gasteiger partial charge in [0.05, 0.1) is 22.7 Å². The Morgan fingerprint density at radius 3 is 2.85 bits per heavy atom. The lowest BCUT2D eigenvalue weighted by atomic mass is 10.0. The molecule has 3 rings (SSSR count). The van der Waals surface area contributed by atoms with Gasteiger partial charge in [0.2, 0.25) is 0 Å². The molecule has 1 aliphatic carbocycles. The number of hydrogen-bond donors (Lipinski definition) is 1. The molecule has 4 heteroatoms. The first-order valence-corrected chi connectivity index (χ1v) is 7.60. The summed E-state index contributed by atoms with van der Waals surface area (Å²) in [5.41, 5.74) is 4.80. The number of aromatic nitrogens is 2. The molecule has 0 bridgehead atoms. The minimum absolute atomic E-state index is 0.304. The Balaban J connectivity index is 2.00. The molecule has 1 aromatic heterocycles. The second kappa shape index (κ2) is 5.58. The second-order valence-electron chi connectivity index (χ2n) is 5.44. The summed E-state index contributed by atoms with van der Waals surface area (Å²) in [5, 5.41) is 4.02. The molecule has 0 spiro atoms. The maximum atomic E-state index is 6.49. The fourth-order valence-corrected chi connectivity index (χ4v) is 3.11. The highest BCUT2D eigenvalue weighted by Gasteiger charge is 2.17. The number of imidazole rings is 1. The Morgan fingerprint density at radius 2 is 2.10 bits per heavy atom. The number of benzene rings is 1. The molecule has 1 aromatic carbocycles. The van der Waals surface area contributed by atoms with Crippen molar-refractivity contribution >= 4 is 11.6 Å². The van der Waals surface area contributed by atoms with E-state index in [9.17, 15) is 0 Å². The number of nitrogens with one attached hydrogen (secondary N) is 1. The van der Waals surface area contributed by atoms with Gasteiger partial charge in [-0.3, -0.25) is 0 Å². The largest absolute Gasteiger partial charge is 0.313 e. The number of hydrogen-bond acceptors (Lipinski definition) is 2. The predicted molar refractivity (Wildman–Crippen MR) is 82.7 cm³/mol. The van der Waals surface area contributed by atoms with Crippen LogP contribution in [0.1, 0.15) is 42.8 Å². The molecule has 1 N–H and O–H groups in total. The molecule has 0 fully saturated rings. The monoisotopic (exact) mass is 289 g/mol. The Morgan fingerprint density at radius 1 is 1.30 bits per heavy atom. The minimum atomic E-state index is 0.304. The molecule has 0 saturated heterocycles. The number of rotatable bonds is 3. The summed E-state index contributed by atoms with van der Waals surface area (Å²) in [6.07, 6.45) is 6.59. The van der Waals surface area contributed by atoms with Crippen molar-refractivity contribution in [2.45, 2.75) is 38.6 Å². The number of fused-ring (bicyclic) bond motifs is 1. The SMILES string of the molecule is CNC(C)c1ccc(-n2cnc3c2CCCC3)c(Cl)c1. The van der Waals surface area contributed by atoms with Crippen LogP contribution in [0.5, 0.6) is 0 Å². The van der Waals surface area contributed by atoms with Gasteiger partial charge in [0.1, 0.15) is 0 Å². The first-order chi connectivity index (χ1) is 9.70. The normalized spacial score (nSPS) is 15.9. The minimum Gasteiger partial charge on any atom is -0.313 e. The van der Waals surface area contributed by atoms with Crippen LogP contribution >= 0.6 is 11.6 Å². The van der Waals surface area contributed by atoms with Crippen LogP contribution in [0.2, 0.25) is 5.02 Å². The summed E-state index contributed by atoms with van der Waals surface area (Å²) in [4.78, 5) is 4.54. The summed E-state index contributed by atoms with van der Waals surface area (Å²) in [6.45, 7) is 2.13.